The molecule has 6 rings (SSSR count). The maximum absolute atomic E-state index is 10.5. The predicted molar refractivity (Wildman–Crippen MR) is 229 cm³/mol. The van der Waals surface area contributed by atoms with Crippen LogP contribution in [0.5, 0.6) is 0 Å². The van der Waals surface area contributed by atoms with Gasteiger partial charge in [0.1, 0.15) is 5.60 Å². The molecule has 1 aliphatic rings. The molecule has 5 aromatic rings. The first-order valence-electron chi connectivity index (χ1n) is 18.0. The zero-order valence-corrected chi connectivity index (χ0v) is 33.1. The molecule has 0 atom stereocenters. The Kier molecular flexibility index (Phi) is 30.2. The SMILES string of the molecule is C.CC.CC(N)=O.CC(O)(c1ccccc1)c1ccccc1.CCc1ccccc1.CN1CCCCC1.Cc1ccc(Cl)cc1.Cc1ccccc1. The van der Waals surface area contributed by atoms with E-state index in [1.54, 1.807) is 0 Å². The monoisotopic (exact) mass is 726 g/mol. The number of aliphatic hydroxyl groups is 1. The van der Waals surface area contributed by atoms with Crippen molar-refractivity contribution in [3.8, 4) is 0 Å². The molecule has 1 aliphatic heterocycles. The van der Waals surface area contributed by atoms with E-state index in [0.717, 1.165) is 22.6 Å². The Morgan fingerprint density at radius 1 is 0.673 bits per heavy atom. The highest BCUT2D eigenvalue weighted by Gasteiger charge is 2.24. The molecule has 1 saturated heterocycles. The van der Waals surface area contributed by atoms with E-state index in [4.69, 9.17) is 11.6 Å². The minimum atomic E-state index is -0.914. The van der Waals surface area contributed by atoms with Crippen molar-refractivity contribution in [2.24, 2.45) is 5.73 Å². The molecule has 5 heteroatoms. The molecule has 52 heavy (non-hydrogen) atoms. The Labute approximate surface area is 322 Å². The summed E-state index contributed by atoms with van der Waals surface area (Å²) in [4.78, 5) is 11.6. The number of hydrogen-bond donors (Lipinski definition) is 2. The van der Waals surface area contributed by atoms with E-state index in [1.807, 2.05) is 137 Å². The van der Waals surface area contributed by atoms with E-state index in [1.165, 1.54) is 56.0 Å². The van der Waals surface area contributed by atoms with E-state index >= 15 is 0 Å². The summed E-state index contributed by atoms with van der Waals surface area (Å²) in [5.74, 6) is -0.333. The summed E-state index contributed by atoms with van der Waals surface area (Å²) >= 11 is 5.61. The van der Waals surface area contributed by atoms with Crippen molar-refractivity contribution in [3.05, 3.63) is 178 Å². The van der Waals surface area contributed by atoms with Gasteiger partial charge in [-0.05, 0) is 89.0 Å². The van der Waals surface area contributed by atoms with Crippen LogP contribution < -0.4 is 5.73 Å². The van der Waals surface area contributed by atoms with Gasteiger partial charge in [-0.3, -0.25) is 4.79 Å². The smallest absolute Gasteiger partial charge is 0.214 e. The lowest BCUT2D eigenvalue weighted by molar-refractivity contribution is -0.115. The molecular weight excluding hydrogens is 660 g/mol. The number of aryl methyl sites for hydroxylation is 3. The summed E-state index contributed by atoms with van der Waals surface area (Å²) in [7, 11) is 2.19. The number of amides is 1. The Hall–Kier alpha value is -4.22. The minimum absolute atomic E-state index is 0. The predicted octanol–water partition coefficient (Wildman–Crippen LogP) is 12.1. The first-order valence-corrected chi connectivity index (χ1v) is 18.4. The number of nitrogens with two attached hydrogens (primary N) is 1. The maximum atomic E-state index is 10.5. The summed E-state index contributed by atoms with van der Waals surface area (Å²) in [5, 5.41) is 11.3. The molecule has 1 fully saturated rings. The van der Waals surface area contributed by atoms with Crippen molar-refractivity contribution in [2.45, 2.75) is 87.2 Å². The Morgan fingerprint density at radius 3 is 1.25 bits per heavy atom. The number of likely N-dealkylation sites (tertiary alicyclic amines) is 1. The van der Waals surface area contributed by atoms with Crippen LogP contribution in [0.1, 0.15) is 89.1 Å². The molecule has 0 aliphatic carbocycles. The number of piperidine rings is 1. The van der Waals surface area contributed by atoms with Gasteiger partial charge in [0.25, 0.3) is 0 Å². The van der Waals surface area contributed by atoms with E-state index in [9.17, 15) is 9.90 Å². The van der Waals surface area contributed by atoms with Crippen LogP contribution in [0.2, 0.25) is 5.02 Å². The zero-order valence-electron chi connectivity index (χ0n) is 32.4. The van der Waals surface area contributed by atoms with Crippen LogP contribution >= 0.6 is 11.6 Å². The quantitative estimate of drug-likeness (QED) is 0.194. The van der Waals surface area contributed by atoms with E-state index < -0.39 is 5.60 Å². The molecular formula is C47H67ClN2O2. The molecule has 3 N–H and O–H groups in total. The Bertz CT molecular complexity index is 1420. The second-order valence-electron chi connectivity index (χ2n) is 12.1. The van der Waals surface area contributed by atoms with Crippen LogP contribution in [0.25, 0.3) is 0 Å². The lowest BCUT2D eigenvalue weighted by Gasteiger charge is -2.24. The van der Waals surface area contributed by atoms with Gasteiger partial charge in [0.2, 0.25) is 5.91 Å². The first kappa shape index (κ1) is 49.9. The van der Waals surface area contributed by atoms with Crippen molar-refractivity contribution in [2.75, 3.05) is 20.1 Å². The molecule has 0 bridgehead atoms. The van der Waals surface area contributed by atoms with Crippen LogP contribution in [0, 0.1) is 13.8 Å². The topological polar surface area (TPSA) is 66.6 Å². The van der Waals surface area contributed by atoms with Crippen LogP contribution in [-0.4, -0.2) is 36.1 Å². The van der Waals surface area contributed by atoms with Gasteiger partial charge in [-0.1, -0.05) is 191 Å². The summed E-state index contributed by atoms with van der Waals surface area (Å²) in [6, 6.07) is 47.9. The van der Waals surface area contributed by atoms with E-state index in [-0.39, 0.29) is 13.3 Å². The molecule has 0 unspecified atom stereocenters. The molecule has 0 aromatic heterocycles. The highest BCUT2D eigenvalue weighted by Crippen LogP contribution is 2.28. The van der Waals surface area contributed by atoms with Crippen molar-refractivity contribution < 1.29 is 9.90 Å². The minimum Gasteiger partial charge on any atom is -0.381 e. The number of hydrogen-bond acceptors (Lipinski definition) is 3. The number of halogens is 1. The normalized spacial score (nSPS) is 11.3. The van der Waals surface area contributed by atoms with Gasteiger partial charge in [-0.15, -0.1) is 0 Å². The molecule has 0 spiro atoms. The fourth-order valence-corrected chi connectivity index (χ4v) is 4.65. The van der Waals surface area contributed by atoms with Crippen molar-refractivity contribution in [3.63, 3.8) is 0 Å². The lowest BCUT2D eigenvalue weighted by atomic mass is 9.88. The maximum Gasteiger partial charge on any atom is 0.214 e. The second kappa shape index (κ2) is 31.5. The number of carbonyl (C=O) groups excluding carboxylic acids is 1. The number of rotatable bonds is 3. The number of benzene rings is 5. The molecule has 1 heterocycles. The average Bonchev–Trinajstić information content (AvgIpc) is 3.16. The molecule has 0 saturated carbocycles. The van der Waals surface area contributed by atoms with Crippen molar-refractivity contribution >= 4 is 17.5 Å². The standard InChI is InChI=1S/C14H14O.C8H10.C7H7Cl.C7H8.C6H13N.C2H5NO.C2H6.CH4/c1-14(15,12-8-4-2-5-9-12)13-10-6-3-7-11-13;1-2-8-6-4-3-5-7-8;1-6-2-4-7(8)5-3-6;2*1-7-5-3-2-4-6-7;1-2(3)4;1-2;/h2-11,15H,1H3;3-7H,2H2,1H3;2-5H,1H3;2-6H,1H3;2-6H2,1H3;1H3,(H2,3,4);1-2H3;1H4. The van der Waals surface area contributed by atoms with Crippen LogP contribution in [0.15, 0.2) is 146 Å². The van der Waals surface area contributed by atoms with Gasteiger partial charge >= 0.3 is 0 Å². The van der Waals surface area contributed by atoms with Crippen LogP contribution in [-0.2, 0) is 16.8 Å². The van der Waals surface area contributed by atoms with E-state index in [0.29, 0.717) is 0 Å². The average molecular weight is 728 g/mol. The van der Waals surface area contributed by atoms with Crippen LogP contribution in [0.3, 0.4) is 0 Å². The summed E-state index contributed by atoms with van der Waals surface area (Å²) in [5.41, 5.74) is 9.36. The summed E-state index contributed by atoms with van der Waals surface area (Å²) in [6.07, 6.45) is 5.41. The molecule has 0 radical (unpaired) electrons. The number of nitrogens with zero attached hydrogens (tertiary/aromatic N) is 1. The van der Waals surface area contributed by atoms with Gasteiger partial charge in [0.05, 0.1) is 0 Å². The van der Waals surface area contributed by atoms with E-state index in [2.05, 4.69) is 67.9 Å². The zero-order chi connectivity index (χ0) is 38.3. The van der Waals surface area contributed by atoms with Gasteiger partial charge in [0, 0.05) is 11.9 Å². The third-order valence-electron chi connectivity index (χ3n) is 7.45. The highest BCUT2D eigenvalue weighted by molar-refractivity contribution is 6.30. The lowest BCUT2D eigenvalue weighted by Crippen LogP contribution is -2.24. The van der Waals surface area contributed by atoms with Gasteiger partial charge in [-0.25, -0.2) is 0 Å². The fourth-order valence-electron chi connectivity index (χ4n) is 4.53. The molecule has 1 amide bonds. The first-order chi connectivity index (χ1) is 24.4. The number of carbonyl (C=O) groups is 1. The summed E-state index contributed by atoms with van der Waals surface area (Å²) < 4.78 is 0. The van der Waals surface area contributed by atoms with Crippen molar-refractivity contribution in [1.29, 1.82) is 0 Å². The fraction of sp³-hybridized carbons (Fsp3) is 0.340. The highest BCUT2D eigenvalue weighted by atomic mass is 35.5. The molecule has 4 nitrogen and oxygen atoms in total. The van der Waals surface area contributed by atoms with Crippen LogP contribution in [0.4, 0.5) is 0 Å². The molecule has 5 aromatic carbocycles. The van der Waals surface area contributed by atoms with Crippen molar-refractivity contribution in [1.82, 2.24) is 4.90 Å². The Morgan fingerprint density at radius 2 is 1.00 bits per heavy atom. The Balaban J connectivity index is 0. The largest absolute Gasteiger partial charge is 0.381 e. The summed E-state index contributed by atoms with van der Waals surface area (Å²) in [6.45, 7) is 16.0. The van der Waals surface area contributed by atoms with Gasteiger partial charge in [0.15, 0.2) is 0 Å². The third-order valence-corrected chi connectivity index (χ3v) is 7.71. The number of primary amides is 1. The molecule has 284 valence electrons. The van der Waals surface area contributed by atoms with Gasteiger partial charge < -0.3 is 15.7 Å². The second-order valence-corrected chi connectivity index (χ2v) is 12.5. The van der Waals surface area contributed by atoms with Gasteiger partial charge in [-0.2, -0.15) is 0 Å². The third kappa shape index (κ3) is 25.7.